The summed E-state index contributed by atoms with van der Waals surface area (Å²) in [6.07, 6.45) is -10.5. The first kappa shape index (κ1) is 41.1. The number of esters is 3. The van der Waals surface area contributed by atoms with Crippen LogP contribution in [0.3, 0.4) is 0 Å². The van der Waals surface area contributed by atoms with Crippen molar-refractivity contribution in [2.45, 2.75) is 48.2 Å². The summed E-state index contributed by atoms with van der Waals surface area (Å²) in [5.74, 6) is -32.1. The van der Waals surface area contributed by atoms with Crippen LogP contribution in [0, 0.1) is 0 Å². The van der Waals surface area contributed by atoms with Crippen molar-refractivity contribution in [1.29, 1.82) is 0 Å². The minimum Gasteiger partial charge on any atom is -0.504 e. The van der Waals surface area contributed by atoms with Crippen LogP contribution in [0.1, 0.15) is 42.6 Å². The maximum Gasteiger partial charge on any atom is 0.341 e. The molecule has 1 saturated heterocycles. The van der Waals surface area contributed by atoms with Gasteiger partial charge in [0.25, 0.3) is 5.79 Å². The van der Waals surface area contributed by atoms with Crippen LogP contribution in [-0.4, -0.2) is 144 Å². The molecule has 1 aliphatic carbocycles. The number of hydrogen-bond donors (Lipinski definition) is 14. The quantitative estimate of drug-likeness (QED) is 0.0524. The van der Waals surface area contributed by atoms with E-state index in [2.05, 4.69) is 0 Å². The second-order valence-electron chi connectivity index (χ2n) is 14.8. The normalized spacial score (nSPS) is 26.1. The zero-order valence-corrected chi connectivity index (χ0v) is 31.4. The molecule has 25 heteroatoms. The molecule has 4 aromatic carbocycles. The van der Waals surface area contributed by atoms with Gasteiger partial charge in [0, 0.05) is 23.3 Å². The van der Waals surface area contributed by atoms with Gasteiger partial charge >= 0.3 is 23.7 Å². The van der Waals surface area contributed by atoms with E-state index in [9.17, 15) is 90.7 Å². The number of carbonyl (C=O) groups excluding carboxylic acids is 4. The third-order valence-corrected chi connectivity index (χ3v) is 11.0. The van der Waals surface area contributed by atoms with Crippen LogP contribution in [0.15, 0.2) is 42.2 Å². The summed E-state index contributed by atoms with van der Waals surface area (Å²) in [5, 5.41) is 150. The van der Waals surface area contributed by atoms with E-state index in [1.807, 2.05) is 0 Å². The van der Waals surface area contributed by atoms with E-state index in [1.165, 1.54) is 0 Å². The van der Waals surface area contributed by atoms with Crippen molar-refractivity contribution in [3.8, 4) is 85.9 Å². The fourth-order valence-electron chi connectivity index (χ4n) is 7.95. The Kier molecular flexibility index (Phi) is 8.75. The minimum atomic E-state index is -3.77. The third kappa shape index (κ3) is 5.64. The summed E-state index contributed by atoms with van der Waals surface area (Å²) in [4.78, 5) is 55.8. The Morgan fingerprint density at radius 2 is 1.20 bits per heavy atom. The fraction of sp³-hybridized carbons (Fsp3) is 0.231. The number of fused-ring (bicyclic) bond motifs is 10. The number of aliphatic hydroxyl groups is 3. The van der Waals surface area contributed by atoms with Crippen LogP contribution in [0.4, 0.5) is 0 Å². The molecule has 1 fully saturated rings. The zero-order valence-electron chi connectivity index (χ0n) is 31.4. The largest absolute Gasteiger partial charge is 0.504 e. The molecule has 4 aromatic rings. The van der Waals surface area contributed by atoms with E-state index in [4.69, 9.17) is 33.2 Å². The van der Waals surface area contributed by atoms with E-state index in [-0.39, 0.29) is 0 Å². The lowest BCUT2D eigenvalue weighted by molar-refractivity contribution is -0.345. The molecule has 5 aliphatic rings. The standard InChI is InChI=1S/C39H28O25/c40-11-1-8(2-12(41)24(11)46)34(52)62-32-30-18-7-58-35(53)9-3-13(42)25(47)28(50)20(9)21-10(4-14(43)26(48)29(21)51)36(54)63-37(61-18)33(32)60-17-6-19(45)39(57)38(55,56)23(17)22-16(59-30)5-15(44)27(49)31(22)64-39/h1-6,18,23,30,32-33,37,40-44,46-51,55-57H,7H2/t18-,23?,30-,32+,33-,37+,39?/m1/s1. The molecular weight excluding hydrogens is 868 g/mol. The highest BCUT2D eigenvalue weighted by molar-refractivity contribution is 6.08. The Morgan fingerprint density at radius 3 is 1.81 bits per heavy atom. The molecule has 6 bridgehead atoms. The summed E-state index contributed by atoms with van der Waals surface area (Å²) in [7, 11) is 0. The van der Waals surface area contributed by atoms with Gasteiger partial charge in [-0.15, -0.1) is 0 Å². The van der Waals surface area contributed by atoms with Crippen LogP contribution >= 0.6 is 0 Å². The number of ketones is 1. The number of aromatic hydroxyl groups is 11. The van der Waals surface area contributed by atoms with E-state index < -0.39 is 192 Å². The predicted molar refractivity (Wildman–Crippen MR) is 195 cm³/mol. The van der Waals surface area contributed by atoms with Gasteiger partial charge in [-0.25, -0.2) is 14.4 Å². The second kappa shape index (κ2) is 13.6. The van der Waals surface area contributed by atoms with E-state index in [1.54, 1.807) is 0 Å². The summed E-state index contributed by atoms with van der Waals surface area (Å²) in [5.41, 5.74) is -5.40. The molecule has 0 spiro atoms. The molecule has 25 nitrogen and oxygen atoms in total. The molecule has 7 atom stereocenters. The molecule has 0 radical (unpaired) electrons. The maximum absolute atomic E-state index is 14.4. The van der Waals surface area contributed by atoms with Crippen molar-refractivity contribution in [2.75, 3.05) is 6.61 Å². The van der Waals surface area contributed by atoms with Crippen molar-refractivity contribution >= 4 is 23.7 Å². The average molecular weight is 897 g/mol. The Balaban J connectivity index is 1.29. The smallest absolute Gasteiger partial charge is 0.341 e. The molecule has 0 saturated carbocycles. The second-order valence-corrected chi connectivity index (χ2v) is 14.8. The maximum atomic E-state index is 14.4. The summed E-state index contributed by atoms with van der Waals surface area (Å²) < 4.78 is 40.5. The van der Waals surface area contributed by atoms with Crippen molar-refractivity contribution in [3.63, 3.8) is 0 Å². The number of carbonyl (C=O) groups is 4. The van der Waals surface area contributed by atoms with E-state index in [0.29, 0.717) is 36.4 Å². The highest BCUT2D eigenvalue weighted by atomic mass is 16.7. The van der Waals surface area contributed by atoms with Gasteiger partial charge in [0.05, 0.1) is 22.3 Å². The molecule has 14 N–H and O–H groups in total. The van der Waals surface area contributed by atoms with Gasteiger partial charge in [-0.1, -0.05) is 0 Å². The highest BCUT2D eigenvalue weighted by Gasteiger charge is 2.70. The number of benzene rings is 4. The number of hydrogen-bond acceptors (Lipinski definition) is 25. The lowest BCUT2D eigenvalue weighted by atomic mass is 9.74. The molecule has 334 valence electrons. The minimum absolute atomic E-state index is 0.447. The lowest BCUT2D eigenvalue weighted by Gasteiger charge is -2.49. The average Bonchev–Trinajstić information content (AvgIpc) is 3.26. The molecular formula is C39H28O25. The van der Waals surface area contributed by atoms with Gasteiger partial charge < -0.3 is 105 Å². The van der Waals surface area contributed by atoms with Gasteiger partial charge in [0.1, 0.15) is 30.1 Å². The number of rotatable bonds is 2. The van der Waals surface area contributed by atoms with Crippen molar-refractivity contribution in [2.24, 2.45) is 0 Å². The predicted octanol–water partition coefficient (Wildman–Crippen LogP) is -0.449. The molecule has 2 unspecified atom stereocenters. The third-order valence-electron chi connectivity index (χ3n) is 11.0. The Bertz CT molecular complexity index is 2810. The van der Waals surface area contributed by atoms with Gasteiger partial charge in [-0.2, -0.15) is 0 Å². The number of ether oxygens (including phenoxy) is 7. The van der Waals surface area contributed by atoms with Crippen LogP contribution in [0.2, 0.25) is 0 Å². The van der Waals surface area contributed by atoms with Crippen LogP contribution in [-0.2, 0) is 28.5 Å². The number of cyclic esters (lactones) is 1. The highest BCUT2D eigenvalue weighted by Crippen LogP contribution is 2.61. The first-order valence-corrected chi connectivity index (χ1v) is 18.2. The topological polar surface area (TPSA) is 416 Å². The van der Waals surface area contributed by atoms with E-state index in [0.717, 1.165) is 0 Å². The molecule has 4 heterocycles. The van der Waals surface area contributed by atoms with Crippen molar-refractivity contribution in [1.82, 2.24) is 0 Å². The first-order chi connectivity index (χ1) is 30.0. The summed E-state index contributed by atoms with van der Waals surface area (Å²) in [6.45, 7) is -1.13. The Labute approximate surface area is 352 Å². The van der Waals surface area contributed by atoms with Gasteiger partial charge in [0.15, 0.2) is 64.0 Å². The van der Waals surface area contributed by atoms with Crippen LogP contribution in [0.5, 0.6) is 74.7 Å². The Hall–Kier alpha value is -8.26. The zero-order chi connectivity index (χ0) is 46.2. The SMILES string of the molecule is O=C(O[C@@H]1[C@H]2OC3=CC(=O)C4(O)Oc5c(O)c(O)cc(c5C3C4(O)O)O[C@@H]1[C@H]1COC(=O)c3cc(O)c(O)c(O)c3-c3c(cc(O)c(O)c3O)C(=O)O[C@@H]2O1)c1cc(O)c(O)c(O)c1. The number of phenols is 11. The van der Waals surface area contributed by atoms with Crippen LogP contribution in [0.25, 0.3) is 11.1 Å². The van der Waals surface area contributed by atoms with E-state index >= 15 is 0 Å². The summed E-state index contributed by atoms with van der Waals surface area (Å²) in [6, 6.07) is 2.87. The van der Waals surface area contributed by atoms with Crippen molar-refractivity contribution < 1.29 is 124 Å². The van der Waals surface area contributed by atoms with Gasteiger partial charge in [-0.3, -0.25) is 4.79 Å². The fourth-order valence-corrected chi connectivity index (χ4v) is 7.95. The number of phenolic OH excluding ortho intramolecular Hbond substituents is 11. The summed E-state index contributed by atoms with van der Waals surface area (Å²) >= 11 is 0. The molecule has 4 aliphatic heterocycles. The van der Waals surface area contributed by atoms with Gasteiger partial charge in [-0.05, 0) is 24.3 Å². The van der Waals surface area contributed by atoms with Gasteiger partial charge in [0.2, 0.25) is 35.4 Å². The first-order valence-electron chi connectivity index (χ1n) is 18.2. The molecule has 0 aromatic heterocycles. The van der Waals surface area contributed by atoms with Crippen LogP contribution < -0.4 is 9.47 Å². The van der Waals surface area contributed by atoms with Crippen molar-refractivity contribution in [3.05, 3.63) is 64.4 Å². The Morgan fingerprint density at radius 1 is 0.641 bits per heavy atom. The lowest BCUT2D eigenvalue weighted by Crippen LogP contribution is -2.70. The molecule has 64 heavy (non-hydrogen) atoms. The molecule has 0 amide bonds. The monoisotopic (exact) mass is 896 g/mol. The molecule has 9 rings (SSSR count).